The molecule has 0 spiro atoms. The van der Waals surface area contributed by atoms with Crippen molar-refractivity contribution in [3.8, 4) is 0 Å². The fourth-order valence-electron chi connectivity index (χ4n) is 2.62. The van der Waals surface area contributed by atoms with Crippen molar-refractivity contribution in [2.45, 2.75) is 43.1 Å². The van der Waals surface area contributed by atoms with Crippen LogP contribution in [0.25, 0.3) is 0 Å². The molecule has 2 rings (SSSR count). The largest absolute Gasteiger partial charge is 0.461 e. The molecule has 1 saturated carbocycles. The van der Waals surface area contributed by atoms with Crippen molar-refractivity contribution in [1.82, 2.24) is 0 Å². The number of rotatable bonds is 0. The number of alkyl halides is 1. The van der Waals surface area contributed by atoms with Crippen molar-refractivity contribution in [2.24, 2.45) is 11.3 Å². The first-order valence-electron chi connectivity index (χ1n) is 4.81. The molecule has 0 radical (unpaired) electrons. The third-order valence-electron chi connectivity index (χ3n) is 3.08. The fourth-order valence-corrected chi connectivity index (χ4v) is 4.55. The maximum Gasteiger partial charge on any atom is 0.306 e. The number of carbonyl (C=O) groups is 1. The maximum atomic E-state index is 11.1. The van der Waals surface area contributed by atoms with E-state index in [1.165, 1.54) is 6.42 Å². The summed E-state index contributed by atoms with van der Waals surface area (Å²) in [6, 6.07) is 0. The van der Waals surface area contributed by atoms with Crippen molar-refractivity contribution >= 4 is 28.6 Å². The van der Waals surface area contributed by atoms with Gasteiger partial charge in [0.2, 0.25) is 0 Å². The molecule has 3 heteroatoms. The first-order chi connectivity index (χ1) is 5.98. The van der Waals surface area contributed by atoms with Gasteiger partial charge in [-0.05, 0) is 18.3 Å². The Labute approximate surface area is 92.5 Å². The number of hydrogen-bond acceptors (Lipinski definition) is 2. The van der Waals surface area contributed by atoms with Crippen LogP contribution >= 0.6 is 22.6 Å². The van der Waals surface area contributed by atoms with Crippen LogP contribution in [0.15, 0.2) is 0 Å². The minimum Gasteiger partial charge on any atom is -0.461 e. The summed E-state index contributed by atoms with van der Waals surface area (Å²) in [4.78, 5) is 11.1. The zero-order valence-corrected chi connectivity index (χ0v) is 10.2. The summed E-state index contributed by atoms with van der Waals surface area (Å²) in [5.41, 5.74) is 0.390. The molecule has 2 fully saturated rings. The molecule has 3 unspecified atom stereocenters. The normalized spacial score (nSPS) is 42.7. The highest BCUT2D eigenvalue weighted by atomic mass is 127. The predicted molar refractivity (Wildman–Crippen MR) is 58.8 cm³/mol. The van der Waals surface area contributed by atoms with E-state index in [0.29, 0.717) is 21.7 Å². The first kappa shape index (κ1) is 9.74. The number of ether oxygens (including phenoxy) is 1. The molecule has 2 nitrogen and oxygen atoms in total. The molecule has 1 aliphatic heterocycles. The zero-order chi connectivity index (χ0) is 9.64. The van der Waals surface area contributed by atoms with Gasteiger partial charge in [0.05, 0.1) is 6.42 Å². The summed E-state index contributed by atoms with van der Waals surface area (Å²) in [6.45, 7) is 4.58. The lowest BCUT2D eigenvalue weighted by Gasteiger charge is -2.39. The molecule has 0 bridgehead atoms. The smallest absolute Gasteiger partial charge is 0.306 e. The molecule has 0 aromatic carbocycles. The molecule has 0 aromatic rings. The van der Waals surface area contributed by atoms with E-state index in [-0.39, 0.29) is 12.1 Å². The van der Waals surface area contributed by atoms with Gasteiger partial charge in [0.25, 0.3) is 0 Å². The molecule has 1 heterocycles. The lowest BCUT2D eigenvalue weighted by atomic mass is 9.71. The van der Waals surface area contributed by atoms with Gasteiger partial charge in [-0.1, -0.05) is 36.4 Å². The van der Waals surface area contributed by atoms with Crippen molar-refractivity contribution < 1.29 is 9.53 Å². The summed E-state index contributed by atoms with van der Waals surface area (Å²) in [7, 11) is 0. The predicted octanol–water partition coefficient (Wildman–Crippen LogP) is 2.54. The van der Waals surface area contributed by atoms with Crippen LogP contribution in [0.3, 0.4) is 0 Å². The second-order valence-electron chi connectivity index (χ2n) is 5.01. The van der Waals surface area contributed by atoms with Crippen LogP contribution in [0.5, 0.6) is 0 Å². The quantitative estimate of drug-likeness (QED) is 0.390. The van der Waals surface area contributed by atoms with E-state index in [9.17, 15) is 4.79 Å². The van der Waals surface area contributed by atoms with E-state index in [1.807, 2.05) is 0 Å². The molecule has 0 aromatic heterocycles. The lowest BCUT2D eigenvalue weighted by molar-refractivity contribution is -0.141. The van der Waals surface area contributed by atoms with E-state index in [2.05, 4.69) is 36.4 Å². The van der Waals surface area contributed by atoms with Crippen LogP contribution in [0.4, 0.5) is 0 Å². The Morgan fingerprint density at radius 1 is 1.46 bits per heavy atom. The fraction of sp³-hybridized carbons (Fsp3) is 0.900. The van der Waals surface area contributed by atoms with Gasteiger partial charge >= 0.3 is 5.97 Å². The van der Waals surface area contributed by atoms with Gasteiger partial charge in [-0.15, -0.1) is 0 Å². The van der Waals surface area contributed by atoms with Crippen LogP contribution in [0, 0.1) is 11.3 Å². The van der Waals surface area contributed by atoms with Gasteiger partial charge in [-0.25, -0.2) is 0 Å². The van der Waals surface area contributed by atoms with Crippen molar-refractivity contribution in [2.75, 3.05) is 0 Å². The van der Waals surface area contributed by atoms with Crippen molar-refractivity contribution in [3.05, 3.63) is 0 Å². The molecule has 74 valence electrons. The van der Waals surface area contributed by atoms with Gasteiger partial charge < -0.3 is 4.74 Å². The Balaban J connectivity index is 2.15. The van der Waals surface area contributed by atoms with E-state index >= 15 is 0 Å². The van der Waals surface area contributed by atoms with E-state index in [0.717, 1.165) is 6.42 Å². The number of esters is 1. The van der Waals surface area contributed by atoms with E-state index in [1.54, 1.807) is 0 Å². The Morgan fingerprint density at radius 3 is 2.85 bits per heavy atom. The number of carbonyl (C=O) groups excluding carboxylic acids is 1. The number of fused-ring (bicyclic) bond motifs is 1. The lowest BCUT2D eigenvalue weighted by Crippen LogP contribution is -2.39. The summed E-state index contributed by atoms with van der Waals surface area (Å²) in [5.74, 6) is 0.493. The number of hydrogen-bond donors (Lipinski definition) is 0. The van der Waals surface area contributed by atoms with Gasteiger partial charge in [0, 0.05) is 9.84 Å². The molecule has 0 amide bonds. The highest BCUT2D eigenvalue weighted by molar-refractivity contribution is 14.1. The van der Waals surface area contributed by atoms with Crippen molar-refractivity contribution in [1.29, 1.82) is 0 Å². The molecule has 13 heavy (non-hydrogen) atoms. The molecule has 2 aliphatic rings. The van der Waals surface area contributed by atoms with E-state index < -0.39 is 0 Å². The Bertz CT molecular complexity index is 237. The monoisotopic (exact) mass is 294 g/mol. The second-order valence-corrected chi connectivity index (χ2v) is 6.61. The average Bonchev–Trinajstić information content (AvgIpc) is 2.27. The molecule has 0 N–H and O–H groups in total. The van der Waals surface area contributed by atoms with Gasteiger partial charge in [-0.3, -0.25) is 4.79 Å². The molecular formula is C10H15IO2. The van der Waals surface area contributed by atoms with Crippen molar-refractivity contribution in [3.63, 3.8) is 0 Å². The zero-order valence-electron chi connectivity index (χ0n) is 8.05. The Morgan fingerprint density at radius 2 is 2.15 bits per heavy atom. The highest BCUT2D eigenvalue weighted by Crippen LogP contribution is 2.46. The van der Waals surface area contributed by atoms with Gasteiger partial charge in [0.15, 0.2) is 0 Å². The summed E-state index contributed by atoms with van der Waals surface area (Å²) < 4.78 is 5.84. The topological polar surface area (TPSA) is 26.3 Å². The SMILES string of the molecule is CC1(C)CC(I)C2OC(=O)CC2C1. The molecule has 1 saturated heterocycles. The average molecular weight is 294 g/mol. The summed E-state index contributed by atoms with van der Waals surface area (Å²) in [5, 5.41) is 0. The summed E-state index contributed by atoms with van der Waals surface area (Å²) in [6.07, 6.45) is 3.17. The summed E-state index contributed by atoms with van der Waals surface area (Å²) >= 11 is 2.43. The molecule has 3 atom stereocenters. The molecular weight excluding hydrogens is 279 g/mol. The Kier molecular flexibility index (Phi) is 2.33. The second kappa shape index (κ2) is 3.11. The minimum atomic E-state index is 0.00867. The minimum absolute atomic E-state index is 0.00867. The van der Waals surface area contributed by atoms with Crippen LogP contribution in [0.1, 0.15) is 33.1 Å². The molecule has 1 aliphatic carbocycles. The number of halogens is 1. The van der Waals surface area contributed by atoms with Crippen LogP contribution in [-0.2, 0) is 9.53 Å². The third kappa shape index (κ3) is 1.85. The third-order valence-corrected chi connectivity index (χ3v) is 4.23. The maximum absolute atomic E-state index is 11.1. The Hall–Kier alpha value is 0.200. The van der Waals surface area contributed by atoms with E-state index in [4.69, 9.17) is 4.74 Å². The first-order valence-corrected chi connectivity index (χ1v) is 6.06. The standard InChI is InChI=1S/C10H15IO2/c1-10(2)4-6-3-8(12)13-9(6)7(11)5-10/h6-7,9H,3-5H2,1-2H3. The highest BCUT2D eigenvalue weighted by Gasteiger charge is 2.46. The van der Waals surface area contributed by atoms with Crippen LogP contribution in [-0.4, -0.2) is 16.0 Å². The van der Waals surface area contributed by atoms with Crippen LogP contribution in [0.2, 0.25) is 0 Å². The van der Waals surface area contributed by atoms with Crippen LogP contribution < -0.4 is 0 Å². The van der Waals surface area contributed by atoms with Gasteiger partial charge in [0.1, 0.15) is 6.10 Å². The van der Waals surface area contributed by atoms with Gasteiger partial charge in [-0.2, -0.15) is 0 Å².